The average Bonchev–Trinajstić information content (AvgIpc) is 2.95. The molecular weight excluding hydrogens is 198 g/mol. The molecule has 1 heterocycles. The Hall–Kier alpha value is -1.18. The fourth-order valence-corrected chi connectivity index (χ4v) is 3.12. The first-order valence-corrected chi connectivity index (χ1v) is 6.19. The van der Waals surface area contributed by atoms with E-state index in [-0.39, 0.29) is 5.92 Å². The average molecular weight is 215 g/mol. The molecule has 0 amide bonds. The molecule has 2 nitrogen and oxygen atoms in total. The van der Waals surface area contributed by atoms with Crippen molar-refractivity contribution in [1.29, 1.82) is 0 Å². The van der Waals surface area contributed by atoms with Gasteiger partial charge in [-0.05, 0) is 48.8 Å². The van der Waals surface area contributed by atoms with E-state index in [1.807, 2.05) is 19.1 Å². The van der Waals surface area contributed by atoms with Crippen molar-refractivity contribution in [3.8, 4) is 0 Å². The normalized spacial score (nSPS) is 33.2. The molecule has 0 saturated heterocycles. The van der Waals surface area contributed by atoms with E-state index in [0.717, 1.165) is 30.2 Å². The fraction of sp³-hybridized carbons (Fsp3) is 0.571. The summed E-state index contributed by atoms with van der Waals surface area (Å²) < 4.78 is 0. The smallest absolute Gasteiger partial charge is 0.143 e. The van der Waals surface area contributed by atoms with Crippen molar-refractivity contribution in [2.75, 3.05) is 0 Å². The molecule has 2 aliphatic carbocycles. The Balaban J connectivity index is 1.70. The molecule has 0 spiro atoms. The molecule has 3 atom stereocenters. The third-order valence-electron chi connectivity index (χ3n) is 4.28. The first-order valence-electron chi connectivity index (χ1n) is 6.19. The molecule has 1 aromatic heterocycles. The number of nitrogens with zero attached hydrogens (tertiary/aromatic N) is 1. The van der Waals surface area contributed by atoms with Crippen LogP contribution in [0.25, 0.3) is 0 Å². The number of fused-ring (bicyclic) bond motifs is 1. The van der Waals surface area contributed by atoms with E-state index in [0.29, 0.717) is 11.7 Å². The van der Waals surface area contributed by atoms with Crippen LogP contribution in [0, 0.1) is 17.8 Å². The second-order valence-corrected chi connectivity index (χ2v) is 5.33. The van der Waals surface area contributed by atoms with Crippen LogP contribution in [0.1, 0.15) is 37.7 Å². The molecule has 2 fully saturated rings. The minimum Gasteiger partial charge on any atom is -0.299 e. The highest BCUT2D eigenvalue weighted by atomic mass is 16.1. The van der Waals surface area contributed by atoms with Gasteiger partial charge in [-0.1, -0.05) is 6.92 Å². The molecule has 2 saturated carbocycles. The molecule has 84 valence electrons. The fourth-order valence-electron chi connectivity index (χ4n) is 3.12. The molecule has 3 unspecified atom stereocenters. The Morgan fingerprint density at radius 1 is 1.25 bits per heavy atom. The highest BCUT2D eigenvalue weighted by Gasteiger charge is 2.48. The van der Waals surface area contributed by atoms with E-state index in [9.17, 15) is 4.79 Å². The molecule has 16 heavy (non-hydrogen) atoms. The van der Waals surface area contributed by atoms with Crippen LogP contribution in [-0.2, 0) is 4.79 Å². The molecule has 0 radical (unpaired) electrons. The second kappa shape index (κ2) is 3.69. The maximum atomic E-state index is 12.3. The van der Waals surface area contributed by atoms with Gasteiger partial charge in [-0.2, -0.15) is 0 Å². The van der Waals surface area contributed by atoms with Gasteiger partial charge in [0.05, 0.1) is 0 Å². The monoisotopic (exact) mass is 215 g/mol. The molecule has 2 heteroatoms. The number of carbonyl (C=O) groups is 1. The van der Waals surface area contributed by atoms with Gasteiger partial charge >= 0.3 is 0 Å². The van der Waals surface area contributed by atoms with E-state index in [1.165, 1.54) is 6.42 Å². The summed E-state index contributed by atoms with van der Waals surface area (Å²) in [6, 6.07) is 3.91. The summed E-state index contributed by atoms with van der Waals surface area (Å²) in [5, 5.41) is 0. The molecule has 1 aromatic rings. The Bertz CT molecular complexity index is 390. The molecule has 0 N–H and O–H groups in total. The number of pyridine rings is 1. The quantitative estimate of drug-likeness (QED) is 0.776. The summed E-state index contributed by atoms with van der Waals surface area (Å²) >= 11 is 0. The number of hydrogen-bond donors (Lipinski definition) is 0. The minimum absolute atomic E-state index is 0.0468. The van der Waals surface area contributed by atoms with Crippen molar-refractivity contribution in [3.63, 3.8) is 0 Å². The molecule has 3 rings (SSSR count). The van der Waals surface area contributed by atoms with Gasteiger partial charge in [0.25, 0.3) is 0 Å². The number of ketones is 1. The van der Waals surface area contributed by atoms with Gasteiger partial charge in [0, 0.05) is 24.2 Å². The maximum Gasteiger partial charge on any atom is 0.143 e. The Morgan fingerprint density at radius 2 is 1.88 bits per heavy atom. The van der Waals surface area contributed by atoms with Gasteiger partial charge in [-0.25, -0.2) is 0 Å². The summed E-state index contributed by atoms with van der Waals surface area (Å²) in [7, 11) is 0. The summed E-state index contributed by atoms with van der Waals surface area (Å²) in [6.07, 6.45) is 7.22. The van der Waals surface area contributed by atoms with Crippen LogP contribution < -0.4 is 0 Å². The third kappa shape index (κ3) is 1.66. The predicted molar refractivity (Wildman–Crippen MR) is 62.0 cm³/mol. The van der Waals surface area contributed by atoms with Crippen molar-refractivity contribution in [2.45, 2.75) is 32.1 Å². The summed E-state index contributed by atoms with van der Waals surface area (Å²) in [5.41, 5.74) is 1.11. The first kappa shape index (κ1) is 10.0. The lowest BCUT2D eigenvalue weighted by Crippen LogP contribution is -2.19. The van der Waals surface area contributed by atoms with Gasteiger partial charge in [-0.15, -0.1) is 0 Å². The van der Waals surface area contributed by atoms with Crippen molar-refractivity contribution < 1.29 is 4.79 Å². The number of rotatable bonds is 3. The lowest BCUT2D eigenvalue weighted by Gasteiger charge is -2.16. The SMILES string of the molecule is CC(C(=O)C1CC2CC2C1)c1ccncc1. The van der Waals surface area contributed by atoms with E-state index >= 15 is 0 Å². The van der Waals surface area contributed by atoms with Crippen molar-refractivity contribution >= 4 is 5.78 Å². The number of aromatic nitrogens is 1. The summed E-state index contributed by atoms with van der Waals surface area (Å²) in [6.45, 7) is 2.03. The number of carbonyl (C=O) groups excluding carboxylic acids is 1. The molecule has 2 aliphatic rings. The van der Waals surface area contributed by atoms with Crippen LogP contribution in [0.5, 0.6) is 0 Å². The predicted octanol–water partition coefficient (Wildman–Crippen LogP) is 2.80. The minimum atomic E-state index is 0.0468. The van der Waals surface area contributed by atoms with E-state index in [4.69, 9.17) is 0 Å². The van der Waals surface area contributed by atoms with Crippen molar-refractivity contribution in [1.82, 2.24) is 4.98 Å². The van der Waals surface area contributed by atoms with Gasteiger partial charge in [0.15, 0.2) is 0 Å². The third-order valence-corrected chi connectivity index (χ3v) is 4.28. The van der Waals surface area contributed by atoms with E-state index in [2.05, 4.69) is 4.98 Å². The Kier molecular flexibility index (Phi) is 2.31. The topological polar surface area (TPSA) is 30.0 Å². The summed E-state index contributed by atoms with van der Waals surface area (Å²) in [4.78, 5) is 16.3. The second-order valence-electron chi connectivity index (χ2n) is 5.33. The van der Waals surface area contributed by atoms with E-state index in [1.54, 1.807) is 12.4 Å². The van der Waals surface area contributed by atoms with Crippen LogP contribution in [0.3, 0.4) is 0 Å². The zero-order chi connectivity index (χ0) is 11.1. The van der Waals surface area contributed by atoms with Crippen LogP contribution >= 0.6 is 0 Å². The van der Waals surface area contributed by atoms with Gasteiger partial charge in [0.1, 0.15) is 5.78 Å². The van der Waals surface area contributed by atoms with Gasteiger partial charge in [0.2, 0.25) is 0 Å². The van der Waals surface area contributed by atoms with Crippen LogP contribution in [0.4, 0.5) is 0 Å². The molecule has 0 bridgehead atoms. The Labute approximate surface area is 96.1 Å². The largest absolute Gasteiger partial charge is 0.299 e. The Morgan fingerprint density at radius 3 is 2.50 bits per heavy atom. The lowest BCUT2D eigenvalue weighted by molar-refractivity contribution is -0.124. The highest BCUT2D eigenvalue weighted by molar-refractivity contribution is 5.87. The van der Waals surface area contributed by atoms with Gasteiger partial charge < -0.3 is 0 Å². The first-order chi connectivity index (χ1) is 7.75. The molecule has 0 aromatic carbocycles. The summed E-state index contributed by atoms with van der Waals surface area (Å²) in [5.74, 6) is 2.60. The van der Waals surface area contributed by atoms with Crippen LogP contribution in [0.2, 0.25) is 0 Å². The zero-order valence-electron chi connectivity index (χ0n) is 9.60. The number of Topliss-reactive ketones (excluding diaryl/α,β-unsaturated/α-hetero) is 1. The van der Waals surface area contributed by atoms with Crippen molar-refractivity contribution in [3.05, 3.63) is 30.1 Å². The van der Waals surface area contributed by atoms with Crippen LogP contribution in [-0.4, -0.2) is 10.8 Å². The number of hydrogen-bond acceptors (Lipinski definition) is 2. The molecular formula is C14H17NO. The highest BCUT2D eigenvalue weighted by Crippen LogP contribution is 2.55. The standard InChI is InChI=1S/C14H17NO/c1-9(10-2-4-15-5-3-10)14(16)13-7-11-6-12(11)8-13/h2-5,9,11-13H,6-8H2,1H3. The van der Waals surface area contributed by atoms with Gasteiger partial charge in [-0.3, -0.25) is 9.78 Å². The zero-order valence-corrected chi connectivity index (χ0v) is 9.60. The van der Waals surface area contributed by atoms with E-state index < -0.39 is 0 Å². The molecule has 0 aliphatic heterocycles. The van der Waals surface area contributed by atoms with Crippen LogP contribution in [0.15, 0.2) is 24.5 Å². The van der Waals surface area contributed by atoms with Crippen molar-refractivity contribution in [2.24, 2.45) is 17.8 Å². The lowest BCUT2D eigenvalue weighted by atomic mass is 9.86. The maximum absolute atomic E-state index is 12.3.